The van der Waals surface area contributed by atoms with Crippen LogP contribution < -0.4 is 14.8 Å². The Labute approximate surface area is 169 Å². The lowest BCUT2D eigenvalue weighted by molar-refractivity contribution is -0.116. The summed E-state index contributed by atoms with van der Waals surface area (Å²) >= 11 is 0. The molecule has 1 heterocycles. The van der Waals surface area contributed by atoms with Gasteiger partial charge < -0.3 is 10.1 Å². The molecule has 0 unspecified atom stereocenters. The largest absolute Gasteiger partial charge is 0.457 e. The number of anilines is 2. The van der Waals surface area contributed by atoms with Crippen molar-refractivity contribution in [3.63, 3.8) is 0 Å². The Balaban J connectivity index is 1.55. The number of ether oxygens (including phenoxy) is 1. The number of sulfonamides is 1. The van der Waals surface area contributed by atoms with Crippen LogP contribution in [0.15, 0.2) is 77.7 Å². The Hall–Kier alpha value is -3.32. The van der Waals surface area contributed by atoms with Crippen molar-refractivity contribution in [3.05, 3.63) is 78.4 Å². The molecule has 1 aliphatic heterocycles. The summed E-state index contributed by atoms with van der Waals surface area (Å²) in [6, 6.07) is 20.8. The molecule has 3 aromatic carbocycles. The molecule has 7 heteroatoms. The summed E-state index contributed by atoms with van der Waals surface area (Å²) in [5.41, 5.74) is 1.89. The number of carbonyl (C=O) groups excluding carboxylic acids is 1. The van der Waals surface area contributed by atoms with Gasteiger partial charge in [0.25, 0.3) is 10.0 Å². The number of para-hydroxylation sites is 1. The topological polar surface area (TPSA) is 84.5 Å². The van der Waals surface area contributed by atoms with Crippen LogP contribution in [0.1, 0.15) is 18.4 Å². The lowest BCUT2D eigenvalue weighted by Gasteiger charge is -2.13. The molecule has 1 amide bonds. The van der Waals surface area contributed by atoms with Gasteiger partial charge in [-0.25, -0.2) is 8.42 Å². The zero-order valence-corrected chi connectivity index (χ0v) is 16.4. The maximum atomic E-state index is 12.9. The normalized spacial score (nSPS) is 13.7. The van der Waals surface area contributed by atoms with Crippen LogP contribution in [0.25, 0.3) is 0 Å². The lowest BCUT2D eigenvalue weighted by Crippen LogP contribution is -2.14. The highest BCUT2D eigenvalue weighted by molar-refractivity contribution is 7.92. The fourth-order valence-corrected chi connectivity index (χ4v) is 4.28. The van der Waals surface area contributed by atoms with E-state index in [2.05, 4.69) is 10.0 Å². The molecule has 0 atom stereocenters. The fraction of sp³-hybridized carbons (Fsp3) is 0.136. The van der Waals surface area contributed by atoms with Gasteiger partial charge in [-0.05, 0) is 60.9 Å². The molecule has 1 aliphatic rings. The van der Waals surface area contributed by atoms with Crippen molar-refractivity contribution in [2.75, 3.05) is 10.0 Å². The van der Waals surface area contributed by atoms with Crippen LogP contribution in [0.2, 0.25) is 0 Å². The first-order valence-electron chi connectivity index (χ1n) is 9.28. The van der Waals surface area contributed by atoms with Crippen molar-refractivity contribution in [2.45, 2.75) is 24.2 Å². The van der Waals surface area contributed by atoms with Crippen LogP contribution in [-0.4, -0.2) is 14.3 Å². The first-order valence-corrected chi connectivity index (χ1v) is 10.8. The smallest absolute Gasteiger partial charge is 0.261 e. The highest BCUT2D eigenvalue weighted by Crippen LogP contribution is 2.28. The van der Waals surface area contributed by atoms with Crippen LogP contribution in [0, 0.1) is 0 Å². The minimum Gasteiger partial charge on any atom is -0.457 e. The van der Waals surface area contributed by atoms with Gasteiger partial charge in [-0.2, -0.15) is 0 Å². The van der Waals surface area contributed by atoms with Gasteiger partial charge in [0.1, 0.15) is 11.5 Å². The highest BCUT2D eigenvalue weighted by Gasteiger charge is 2.19. The molecule has 3 aromatic rings. The van der Waals surface area contributed by atoms with E-state index in [0.717, 1.165) is 5.56 Å². The molecular weight excluding hydrogens is 388 g/mol. The van der Waals surface area contributed by atoms with Crippen molar-refractivity contribution in [1.29, 1.82) is 0 Å². The molecule has 0 saturated carbocycles. The van der Waals surface area contributed by atoms with Crippen LogP contribution in [0.4, 0.5) is 11.4 Å². The minimum absolute atomic E-state index is 0.0484. The monoisotopic (exact) mass is 408 g/mol. The van der Waals surface area contributed by atoms with E-state index in [0.29, 0.717) is 42.1 Å². The molecule has 0 spiro atoms. The van der Waals surface area contributed by atoms with Gasteiger partial charge in [-0.15, -0.1) is 0 Å². The van der Waals surface area contributed by atoms with E-state index in [1.807, 2.05) is 30.3 Å². The first kappa shape index (κ1) is 19.0. The van der Waals surface area contributed by atoms with Gasteiger partial charge >= 0.3 is 0 Å². The summed E-state index contributed by atoms with van der Waals surface area (Å²) < 4.78 is 34.1. The van der Waals surface area contributed by atoms with E-state index in [1.54, 1.807) is 36.4 Å². The maximum Gasteiger partial charge on any atom is 0.261 e. The molecule has 148 valence electrons. The zero-order valence-electron chi connectivity index (χ0n) is 15.6. The second-order valence-corrected chi connectivity index (χ2v) is 8.45. The van der Waals surface area contributed by atoms with Gasteiger partial charge in [-0.1, -0.05) is 24.3 Å². The number of hydrogen-bond acceptors (Lipinski definition) is 4. The van der Waals surface area contributed by atoms with E-state index in [-0.39, 0.29) is 10.8 Å². The number of hydrogen-bond donors (Lipinski definition) is 2. The molecule has 0 aliphatic carbocycles. The molecule has 0 saturated heterocycles. The molecular formula is C22H20N2O4S. The number of aryl methyl sites for hydroxylation is 1. The predicted octanol–water partition coefficient (Wildman–Crippen LogP) is 4.55. The SMILES string of the molecule is O=C1CCCc2cc(S(=O)(=O)Nc3cccc(Oc4ccccc4)c3)ccc2N1. The molecule has 0 radical (unpaired) electrons. The van der Waals surface area contributed by atoms with Crippen molar-refractivity contribution >= 4 is 27.3 Å². The predicted molar refractivity (Wildman–Crippen MR) is 112 cm³/mol. The Bertz CT molecular complexity index is 1140. The summed E-state index contributed by atoms with van der Waals surface area (Å²) in [5, 5.41) is 2.81. The van der Waals surface area contributed by atoms with Crippen LogP contribution in [0.3, 0.4) is 0 Å². The summed E-state index contributed by atoms with van der Waals surface area (Å²) in [6.45, 7) is 0. The summed E-state index contributed by atoms with van der Waals surface area (Å²) in [4.78, 5) is 11.8. The highest BCUT2D eigenvalue weighted by atomic mass is 32.2. The van der Waals surface area contributed by atoms with E-state index in [9.17, 15) is 13.2 Å². The van der Waals surface area contributed by atoms with E-state index in [4.69, 9.17) is 4.74 Å². The Morgan fingerprint density at radius 2 is 1.66 bits per heavy atom. The number of amides is 1. The Kier molecular flexibility index (Phi) is 5.22. The number of rotatable bonds is 5. The minimum atomic E-state index is -3.78. The zero-order chi connectivity index (χ0) is 20.3. The van der Waals surface area contributed by atoms with E-state index in [1.165, 1.54) is 6.07 Å². The lowest BCUT2D eigenvalue weighted by atomic mass is 10.1. The van der Waals surface area contributed by atoms with E-state index < -0.39 is 10.0 Å². The van der Waals surface area contributed by atoms with Gasteiger partial charge in [0, 0.05) is 18.2 Å². The van der Waals surface area contributed by atoms with Gasteiger partial charge in [-0.3, -0.25) is 9.52 Å². The third-order valence-corrected chi connectivity index (χ3v) is 5.96. The van der Waals surface area contributed by atoms with Crippen molar-refractivity contribution in [2.24, 2.45) is 0 Å². The number of carbonyl (C=O) groups is 1. The molecule has 29 heavy (non-hydrogen) atoms. The average molecular weight is 408 g/mol. The molecule has 4 rings (SSSR count). The average Bonchev–Trinajstić information content (AvgIpc) is 2.88. The first-order chi connectivity index (χ1) is 14.0. The summed E-state index contributed by atoms with van der Waals surface area (Å²) in [5.74, 6) is 1.15. The van der Waals surface area contributed by atoms with Gasteiger partial charge in [0.15, 0.2) is 0 Å². The standard InChI is InChI=1S/C22H20N2O4S/c25-22-11-4-6-16-14-20(12-13-21(16)23-22)29(26,27)24-17-7-5-10-19(15-17)28-18-8-2-1-3-9-18/h1-3,5,7-10,12-15,24H,4,6,11H2,(H,23,25). The third-order valence-electron chi connectivity index (χ3n) is 4.58. The van der Waals surface area contributed by atoms with Crippen molar-refractivity contribution < 1.29 is 17.9 Å². The van der Waals surface area contributed by atoms with Crippen LogP contribution >= 0.6 is 0 Å². The fourth-order valence-electron chi connectivity index (χ4n) is 3.18. The third kappa shape index (κ3) is 4.57. The molecule has 0 aromatic heterocycles. The molecule has 0 fully saturated rings. The summed E-state index contributed by atoms with van der Waals surface area (Å²) in [6.07, 6.45) is 1.77. The quantitative estimate of drug-likeness (QED) is 0.648. The van der Waals surface area contributed by atoms with Crippen molar-refractivity contribution in [1.82, 2.24) is 0 Å². The Morgan fingerprint density at radius 3 is 2.48 bits per heavy atom. The second-order valence-electron chi connectivity index (χ2n) is 6.77. The van der Waals surface area contributed by atoms with Gasteiger partial charge in [0.05, 0.1) is 10.6 Å². The summed E-state index contributed by atoms with van der Waals surface area (Å²) in [7, 11) is -3.78. The van der Waals surface area contributed by atoms with Crippen LogP contribution in [-0.2, 0) is 21.2 Å². The van der Waals surface area contributed by atoms with Crippen LogP contribution in [0.5, 0.6) is 11.5 Å². The molecule has 6 nitrogen and oxygen atoms in total. The number of fused-ring (bicyclic) bond motifs is 1. The maximum absolute atomic E-state index is 12.9. The van der Waals surface area contributed by atoms with E-state index >= 15 is 0 Å². The molecule has 0 bridgehead atoms. The second kappa shape index (κ2) is 7.97. The Morgan fingerprint density at radius 1 is 0.862 bits per heavy atom. The molecule has 2 N–H and O–H groups in total. The number of nitrogens with one attached hydrogen (secondary N) is 2. The van der Waals surface area contributed by atoms with Crippen molar-refractivity contribution in [3.8, 4) is 11.5 Å². The number of benzene rings is 3. The van der Waals surface area contributed by atoms with Gasteiger partial charge in [0.2, 0.25) is 5.91 Å².